The first-order valence-electron chi connectivity index (χ1n) is 6.58. The monoisotopic (exact) mass is 265 g/mol. The number of aromatic nitrogens is 1. The van der Waals surface area contributed by atoms with Gasteiger partial charge in [-0.2, -0.15) is 0 Å². The minimum Gasteiger partial charge on any atom is -0.383 e. The van der Waals surface area contributed by atoms with Gasteiger partial charge in [0.15, 0.2) is 0 Å². The highest BCUT2D eigenvalue weighted by Crippen LogP contribution is 2.10. The van der Waals surface area contributed by atoms with Crippen LogP contribution in [0.5, 0.6) is 0 Å². The number of hydrogen-bond acceptors (Lipinski definition) is 4. The topological polar surface area (TPSA) is 68.5 Å². The fourth-order valence-corrected chi connectivity index (χ4v) is 1.75. The predicted molar refractivity (Wildman–Crippen MR) is 74.8 cm³/mol. The van der Waals surface area contributed by atoms with E-state index in [1.807, 2.05) is 13.0 Å². The van der Waals surface area contributed by atoms with Crippen molar-refractivity contribution in [1.29, 1.82) is 0 Å². The number of ether oxygens (including phenoxy) is 1. The summed E-state index contributed by atoms with van der Waals surface area (Å²) in [5, 5.41) is 0. The molecule has 1 aromatic rings. The van der Waals surface area contributed by atoms with Gasteiger partial charge in [0.2, 0.25) is 0 Å². The minimum absolute atomic E-state index is 0.0602. The van der Waals surface area contributed by atoms with Crippen molar-refractivity contribution in [1.82, 2.24) is 9.88 Å². The van der Waals surface area contributed by atoms with E-state index in [9.17, 15) is 4.79 Å². The third-order valence-corrected chi connectivity index (χ3v) is 3.20. The van der Waals surface area contributed by atoms with Crippen LogP contribution in [-0.4, -0.2) is 42.1 Å². The van der Waals surface area contributed by atoms with Gasteiger partial charge in [0.05, 0.1) is 6.61 Å². The molecule has 106 valence electrons. The van der Waals surface area contributed by atoms with Crippen LogP contribution in [0.25, 0.3) is 0 Å². The van der Waals surface area contributed by atoms with Crippen LogP contribution in [0.2, 0.25) is 0 Å². The van der Waals surface area contributed by atoms with Crippen LogP contribution in [0.1, 0.15) is 36.3 Å². The van der Waals surface area contributed by atoms with Crippen molar-refractivity contribution in [3.05, 3.63) is 29.6 Å². The van der Waals surface area contributed by atoms with Crippen molar-refractivity contribution in [3.8, 4) is 0 Å². The molecular weight excluding hydrogens is 242 g/mol. The van der Waals surface area contributed by atoms with Crippen molar-refractivity contribution in [2.24, 2.45) is 5.73 Å². The van der Waals surface area contributed by atoms with Gasteiger partial charge in [-0.3, -0.25) is 9.78 Å². The number of carbonyl (C=O) groups is 1. The van der Waals surface area contributed by atoms with E-state index in [1.165, 1.54) is 0 Å². The van der Waals surface area contributed by atoms with Gasteiger partial charge >= 0.3 is 0 Å². The van der Waals surface area contributed by atoms with Crippen LogP contribution in [0.3, 0.4) is 0 Å². The molecule has 1 heterocycles. The fraction of sp³-hybridized carbons (Fsp3) is 0.571. The lowest BCUT2D eigenvalue weighted by Crippen LogP contribution is -2.40. The minimum atomic E-state index is -0.0602. The van der Waals surface area contributed by atoms with Gasteiger partial charge in [0.1, 0.15) is 5.69 Å². The lowest BCUT2D eigenvalue weighted by Gasteiger charge is -2.28. The second-order valence-corrected chi connectivity index (χ2v) is 4.50. The van der Waals surface area contributed by atoms with Gasteiger partial charge in [-0.05, 0) is 25.0 Å². The van der Waals surface area contributed by atoms with Crippen LogP contribution < -0.4 is 5.73 Å². The average Bonchev–Trinajstić information content (AvgIpc) is 2.47. The summed E-state index contributed by atoms with van der Waals surface area (Å²) in [6, 6.07) is 3.73. The van der Waals surface area contributed by atoms with E-state index in [0.717, 1.165) is 12.0 Å². The Labute approximate surface area is 114 Å². The zero-order valence-corrected chi connectivity index (χ0v) is 11.9. The third kappa shape index (κ3) is 4.29. The smallest absolute Gasteiger partial charge is 0.272 e. The molecule has 0 saturated carbocycles. The molecule has 0 bridgehead atoms. The van der Waals surface area contributed by atoms with Crippen LogP contribution in [0, 0.1) is 0 Å². The molecular formula is C14H23N3O2. The van der Waals surface area contributed by atoms with Gasteiger partial charge in [-0.15, -0.1) is 0 Å². The van der Waals surface area contributed by atoms with Crippen LogP contribution in [-0.2, 0) is 11.3 Å². The Morgan fingerprint density at radius 3 is 2.74 bits per heavy atom. The first-order chi connectivity index (χ1) is 9.13. The Morgan fingerprint density at radius 1 is 1.53 bits per heavy atom. The van der Waals surface area contributed by atoms with Crippen molar-refractivity contribution in [2.45, 2.75) is 32.9 Å². The van der Waals surface area contributed by atoms with E-state index < -0.39 is 0 Å². The molecule has 0 aliphatic rings. The summed E-state index contributed by atoms with van der Waals surface area (Å²) >= 11 is 0. The number of carbonyl (C=O) groups excluding carboxylic acids is 1. The second kappa shape index (κ2) is 7.86. The van der Waals surface area contributed by atoms with E-state index in [2.05, 4.69) is 11.9 Å². The van der Waals surface area contributed by atoms with E-state index in [0.29, 0.717) is 25.4 Å². The maximum atomic E-state index is 12.4. The van der Waals surface area contributed by atoms with E-state index in [-0.39, 0.29) is 11.9 Å². The summed E-state index contributed by atoms with van der Waals surface area (Å²) in [5.41, 5.74) is 6.89. The summed E-state index contributed by atoms with van der Waals surface area (Å²) in [6.45, 7) is 5.62. The van der Waals surface area contributed by atoms with E-state index >= 15 is 0 Å². The number of methoxy groups -OCH3 is 1. The summed E-state index contributed by atoms with van der Waals surface area (Å²) in [6.07, 6.45) is 2.55. The number of pyridine rings is 1. The number of nitrogens with two attached hydrogens (primary N) is 1. The molecule has 1 unspecified atom stereocenters. The first-order valence-corrected chi connectivity index (χ1v) is 6.58. The van der Waals surface area contributed by atoms with Gasteiger partial charge in [0.25, 0.3) is 5.91 Å². The molecule has 0 fully saturated rings. The molecule has 0 radical (unpaired) electrons. The SMILES string of the molecule is CCC(C)N(CCOC)C(=O)c1ccc(CN)cn1. The summed E-state index contributed by atoms with van der Waals surface area (Å²) in [5.74, 6) is -0.0602. The molecule has 19 heavy (non-hydrogen) atoms. The predicted octanol–water partition coefficient (Wildman–Crippen LogP) is 1.43. The van der Waals surface area contributed by atoms with Crippen LogP contribution >= 0.6 is 0 Å². The van der Waals surface area contributed by atoms with Crippen molar-refractivity contribution >= 4 is 5.91 Å². The van der Waals surface area contributed by atoms with Crippen LogP contribution in [0.15, 0.2) is 18.3 Å². The Hall–Kier alpha value is -1.46. The highest BCUT2D eigenvalue weighted by molar-refractivity contribution is 5.92. The molecule has 1 amide bonds. The first kappa shape index (κ1) is 15.6. The van der Waals surface area contributed by atoms with E-state index in [4.69, 9.17) is 10.5 Å². The lowest BCUT2D eigenvalue weighted by molar-refractivity contribution is 0.0608. The Balaban J connectivity index is 2.84. The zero-order valence-electron chi connectivity index (χ0n) is 11.9. The van der Waals surface area contributed by atoms with Crippen molar-refractivity contribution in [2.75, 3.05) is 20.3 Å². The van der Waals surface area contributed by atoms with Crippen molar-refractivity contribution < 1.29 is 9.53 Å². The molecule has 5 nitrogen and oxygen atoms in total. The summed E-state index contributed by atoms with van der Waals surface area (Å²) in [7, 11) is 1.63. The number of amides is 1. The molecule has 0 aromatic carbocycles. The molecule has 5 heteroatoms. The van der Waals surface area contributed by atoms with Crippen molar-refractivity contribution in [3.63, 3.8) is 0 Å². The molecule has 2 N–H and O–H groups in total. The number of nitrogens with zero attached hydrogens (tertiary/aromatic N) is 2. The number of hydrogen-bond donors (Lipinski definition) is 1. The second-order valence-electron chi connectivity index (χ2n) is 4.50. The Bertz CT molecular complexity index is 392. The van der Waals surface area contributed by atoms with Gasteiger partial charge in [0, 0.05) is 32.4 Å². The molecule has 0 saturated heterocycles. The molecule has 1 rings (SSSR count). The highest BCUT2D eigenvalue weighted by atomic mass is 16.5. The maximum absolute atomic E-state index is 12.4. The fourth-order valence-electron chi connectivity index (χ4n) is 1.75. The normalized spacial score (nSPS) is 12.2. The third-order valence-electron chi connectivity index (χ3n) is 3.20. The zero-order chi connectivity index (χ0) is 14.3. The lowest BCUT2D eigenvalue weighted by atomic mass is 10.2. The summed E-state index contributed by atoms with van der Waals surface area (Å²) in [4.78, 5) is 18.4. The van der Waals surface area contributed by atoms with Gasteiger partial charge in [-0.1, -0.05) is 13.0 Å². The molecule has 0 aliphatic heterocycles. The van der Waals surface area contributed by atoms with Crippen LogP contribution in [0.4, 0.5) is 0 Å². The number of rotatable bonds is 7. The molecule has 1 atom stereocenters. The average molecular weight is 265 g/mol. The van der Waals surface area contributed by atoms with Gasteiger partial charge < -0.3 is 15.4 Å². The maximum Gasteiger partial charge on any atom is 0.272 e. The Morgan fingerprint density at radius 2 is 2.26 bits per heavy atom. The van der Waals surface area contributed by atoms with Gasteiger partial charge in [-0.25, -0.2) is 0 Å². The summed E-state index contributed by atoms with van der Waals surface area (Å²) < 4.78 is 5.06. The van der Waals surface area contributed by atoms with E-state index in [1.54, 1.807) is 24.3 Å². The standard InChI is InChI=1S/C14H23N3O2/c1-4-11(2)17(7-8-19-3)14(18)13-6-5-12(9-15)10-16-13/h5-6,10-11H,4,7-9,15H2,1-3H3. The molecule has 0 aliphatic carbocycles. The Kier molecular flexibility index (Phi) is 6.45. The highest BCUT2D eigenvalue weighted by Gasteiger charge is 2.20. The quantitative estimate of drug-likeness (QED) is 0.809. The largest absolute Gasteiger partial charge is 0.383 e. The molecule has 1 aromatic heterocycles. The molecule has 0 spiro atoms.